The van der Waals surface area contributed by atoms with Gasteiger partial charge in [-0.05, 0) is 49.4 Å². The molecule has 3 unspecified atom stereocenters. The number of aliphatic hydroxyl groups excluding tert-OH is 1. The fraction of sp³-hybridized carbons (Fsp3) is 0.944. The monoisotopic (exact) mass is 1340 g/mol. The van der Waals surface area contributed by atoms with Crippen molar-refractivity contribution in [2.24, 2.45) is 23.7 Å². The van der Waals surface area contributed by atoms with Gasteiger partial charge >= 0.3 is 39.5 Å². The van der Waals surface area contributed by atoms with Crippen LogP contribution in [0.4, 0.5) is 0 Å². The van der Waals surface area contributed by atoms with E-state index in [0.29, 0.717) is 31.6 Å². The Balaban J connectivity index is 5.20. The molecule has 0 rings (SSSR count). The normalized spacial score (nSPS) is 14.2. The number of phosphoric ester groups is 2. The summed E-state index contributed by atoms with van der Waals surface area (Å²) in [6.45, 7) is 14.1. The largest absolute Gasteiger partial charge is 0.472 e. The van der Waals surface area contributed by atoms with Crippen LogP contribution in [-0.2, 0) is 65.4 Å². The third-order valence-electron chi connectivity index (χ3n) is 16.6. The summed E-state index contributed by atoms with van der Waals surface area (Å²) in [6, 6.07) is 0. The standard InChI is InChI=1S/C72H140O17P2/c1-62(2)48-40-32-24-17-14-12-10-9-11-13-15-19-28-36-44-52-69(74)82-58-67(89-72(77)55-47-39-30-22-21-26-34-42-50-64(5)6)60-86-90(78,79)84-56-66(73)57-85-91(80,81)87-61-68(59-83-70(75)53-45-37-31-23-27-35-43-51-65(7)8)88-71(76)54-46-38-29-20-16-18-25-33-41-49-63(3)4/h62-68,73H,9-61H2,1-8H3,(H,78,79)(H,80,81)/t66?,67-,68-/m1/s1. The summed E-state index contributed by atoms with van der Waals surface area (Å²) in [5, 5.41) is 10.6. The van der Waals surface area contributed by atoms with Crippen LogP contribution < -0.4 is 0 Å². The summed E-state index contributed by atoms with van der Waals surface area (Å²) in [6.07, 6.45) is 44.6. The van der Waals surface area contributed by atoms with Crippen LogP contribution >= 0.6 is 15.6 Å². The lowest BCUT2D eigenvalue weighted by molar-refractivity contribution is -0.161. The van der Waals surface area contributed by atoms with Crippen LogP contribution in [0.1, 0.15) is 357 Å². The maximum atomic E-state index is 13.0. The maximum absolute atomic E-state index is 13.0. The van der Waals surface area contributed by atoms with E-state index in [1.54, 1.807) is 0 Å². The molecule has 0 amide bonds. The molecule has 0 saturated heterocycles. The van der Waals surface area contributed by atoms with Gasteiger partial charge in [0.05, 0.1) is 26.4 Å². The molecule has 540 valence electrons. The molecular weight excluding hydrogens is 1200 g/mol. The van der Waals surface area contributed by atoms with E-state index < -0.39 is 97.5 Å². The Labute approximate surface area is 556 Å². The molecule has 0 bridgehead atoms. The highest BCUT2D eigenvalue weighted by Crippen LogP contribution is 2.45. The second-order valence-electron chi connectivity index (χ2n) is 27.9. The number of phosphoric acid groups is 2. The molecule has 0 fully saturated rings. The van der Waals surface area contributed by atoms with Gasteiger partial charge in [-0.3, -0.25) is 37.3 Å². The number of hydrogen-bond donors (Lipinski definition) is 3. The van der Waals surface area contributed by atoms with Gasteiger partial charge in [0.15, 0.2) is 12.2 Å². The smallest absolute Gasteiger partial charge is 0.462 e. The minimum atomic E-state index is -4.95. The Morgan fingerprint density at radius 2 is 0.462 bits per heavy atom. The lowest BCUT2D eigenvalue weighted by Gasteiger charge is -2.21. The number of ether oxygens (including phenoxy) is 4. The van der Waals surface area contributed by atoms with Crippen LogP contribution in [0.2, 0.25) is 0 Å². The average Bonchev–Trinajstić information content (AvgIpc) is 3.55. The molecule has 0 aliphatic heterocycles. The molecular formula is C72H140O17P2. The van der Waals surface area contributed by atoms with E-state index in [9.17, 15) is 43.2 Å². The highest BCUT2D eigenvalue weighted by atomic mass is 31.2. The SMILES string of the molecule is CC(C)CCCCCCCCCCCCCCCCCC(=O)OC[C@H](COP(=O)(O)OCC(O)COP(=O)(O)OC[C@@H](COC(=O)CCCCCCCCCC(C)C)OC(=O)CCCCCCCCCCCC(C)C)OC(=O)CCCCCCCCCCC(C)C. The van der Waals surface area contributed by atoms with Crippen molar-refractivity contribution in [2.45, 2.75) is 375 Å². The molecule has 0 aromatic rings. The van der Waals surface area contributed by atoms with E-state index in [2.05, 4.69) is 55.4 Å². The van der Waals surface area contributed by atoms with Crippen LogP contribution in [0.5, 0.6) is 0 Å². The molecule has 0 aliphatic rings. The summed E-state index contributed by atoms with van der Waals surface area (Å²) < 4.78 is 68.3. The number of aliphatic hydroxyl groups is 1. The second-order valence-corrected chi connectivity index (χ2v) is 30.8. The minimum absolute atomic E-state index is 0.104. The first-order valence-electron chi connectivity index (χ1n) is 37.2. The second kappa shape index (κ2) is 61.6. The van der Waals surface area contributed by atoms with E-state index >= 15 is 0 Å². The summed E-state index contributed by atoms with van der Waals surface area (Å²) in [5.74, 6) is 0.837. The average molecular weight is 1340 g/mol. The van der Waals surface area contributed by atoms with Crippen molar-refractivity contribution in [3.05, 3.63) is 0 Å². The predicted molar refractivity (Wildman–Crippen MR) is 367 cm³/mol. The molecule has 3 N–H and O–H groups in total. The van der Waals surface area contributed by atoms with Gasteiger partial charge in [-0.15, -0.1) is 0 Å². The first kappa shape index (κ1) is 89.1. The third kappa shape index (κ3) is 66.5. The van der Waals surface area contributed by atoms with Crippen LogP contribution in [-0.4, -0.2) is 96.7 Å². The molecule has 19 heteroatoms. The molecule has 0 aliphatic carbocycles. The van der Waals surface area contributed by atoms with E-state index in [1.165, 1.54) is 154 Å². The van der Waals surface area contributed by atoms with Gasteiger partial charge in [0.2, 0.25) is 0 Å². The van der Waals surface area contributed by atoms with E-state index in [-0.39, 0.29) is 25.7 Å². The molecule has 0 saturated carbocycles. The summed E-state index contributed by atoms with van der Waals surface area (Å²) in [5.41, 5.74) is 0. The fourth-order valence-corrected chi connectivity index (χ4v) is 12.4. The van der Waals surface area contributed by atoms with E-state index in [0.717, 1.165) is 114 Å². The topological polar surface area (TPSA) is 237 Å². The highest BCUT2D eigenvalue weighted by Gasteiger charge is 2.30. The maximum Gasteiger partial charge on any atom is 0.472 e. The Morgan fingerprint density at radius 3 is 0.681 bits per heavy atom. The van der Waals surface area contributed by atoms with Crippen LogP contribution in [0.15, 0.2) is 0 Å². The summed E-state index contributed by atoms with van der Waals surface area (Å²) in [4.78, 5) is 72.6. The van der Waals surface area contributed by atoms with Crippen molar-refractivity contribution < 1.29 is 80.2 Å². The van der Waals surface area contributed by atoms with Crippen LogP contribution in [0.3, 0.4) is 0 Å². The number of rotatable bonds is 69. The van der Waals surface area contributed by atoms with Crippen LogP contribution in [0.25, 0.3) is 0 Å². The first-order valence-corrected chi connectivity index (χ1v) is 40.2. The van der Waals surface area contributed by atoms with Gasteiger partial charge in [-0.1, -0.05) is 306 Å². The number of hydrogen-bond acceptors (Lipinski definition) is 15. The molecule has 5 atom stereocenters. The van der Waals surface area contributed by atoms with Crippen LogP contribution in [0, 0.1) is 23.7 Å². The van der Waals surface area contributed by atoms with E-state index in [4.69, 9.17) is 37.0 Å². The lowest BCUT2D eigenvalue weighted by Crippen LogP contribution is -2.30. The number of unbranched alkanes of at least 4 members (excludes halogenated alkanes) is 35. The Hall–Kier alpha value is -1.94. The number of carbonyl (C=O) groups is 4. The van der Waals surface area contributed by atoms with Gasteiger partial charge in [-0.25, -0.2) is 9.13 Å². The van der Waals surface area contributed by atoms with Gasteiger partial charge in [0, 0.05) is 25.7 Å². The highest BCUT2D eigenvalue weighted by molar-refractivity contribution is 7.47. The zero-order valence-corrected chi connectivity index (χ0v) is 61.3. The number of esters is 4. The van der Waals surface area contributed by atoms with E-state index in [1.807, 2.05) is 0 Å². The fourth-order valence-electron chi connectivity index (χ4n) is 10.8. The molecule has 0 aromatic heterocycles. The zero-order valence-electron chi connectivity index (χ0n) is 59.5. The minimum Gasteiger partial charge on any atom is -0.462 e. The van der Waals surface area contributed by atoms with Crippen molar-refractivity contribution in [2.75, 3.05) is 39.6 Å². The lowest BCUT2D eigenvalue weighted by atomic mass is 10.0. The predicted octanol–water partition coefficient (Wildman–Crippen LogP) is 20.5. The molecule has 0 heterocycles. The zero-order chi connectivity index (χ0) is 67.5. The number of carbonyl (C=O) groups excluding carboxylic acids is 4. The first-order chi connectivity index (χ1) is 43.6. The van der Waals surface area contributed by atoms with Crippen molar-refractivity contribution in [1.29, 1.82) is 0 Å². The van der Waals surface area contributed by atoms with Crippen molar-refractivity contribution in [1.82, 2.24) is 0 Å². The quantitative estimate of drug-likeness (QED) is 0.0222. The van der Waals surface area contributed by atoms with Gasteiger partial charge in [0.25, 0.3) is 0 Å². The van der Waals surface area contributed by atoms with Crippen molar-refractivity contribution in [3.63, 3.8) is 0 Å². The van der Waals surface area contributed by atoms with Crippen molar-refractivity contribution in [3.8, 4) is 0 Å². The summed E-state index contributed by atoms with van der Waals surface area (Å²) in [7, 11) is -9.90. The molecule has 17 nitrogen and oxygen atoms in total. The molecule has 91 heavy (non-hydrogen) atoms. The Kier molecular flexibility index (Phi) is 60.3. The third-order valence-corrected chi connectivity index (χ3v) is 18.5. The van der Waals surface area contributed by atoms with Crippen molar-refractivity contribution >= 4 is 39.5 Å². The molecule has 0 spiro atoms. The van der Waals surface area contributed by atoms with Gasteiger partial charge in [0.1, 0.15) is 19.3 Å². The summed E-state index contributed by atoms with van der Waals surface area (Å²) >= 11 is 0. The van der Waals surface area contributed by atoms with Gasteiger partial charge in [-0.2, -0.15) is 0 Å². The van der Waals surface area contributed by atoms with Gasteiger partial charge < -0.3 is 33.8 Å². The Bertz CT molecular complexity index is 1800. The Morgan fingerprint density at radius 1 is 0.275 bits per heavy atom. The molecule has 0 radical (unpaired) electrons. The molecule has 0 aromatic carbocycles.